The number of rotatable bonds is 5. The number of halogens is 2. The van der Waals surface area contributed by atoms with Crippen molar-refractivity contribution >= 4 is 34.4 Å². The maximum absolute atomic E-state index is 15.0. The monoisotopic (exact) mass is 478 g/mol. The zero-order valence-electron chi connectivity index (χ0n) is 18.4. The van der Waals surface area contributed by atoms with Crippen molar-refractivity contribution in [3.63, 3.8) is 0 Å². The van der Waals surface area contributed by atoms with Crippen LogP contribution < -0.4 is 5.32 Å². The highest BCUT2D eigenvalue weighted by molar-refractivity contribution is 6.34. The first-order valence-corrected chi connectivity index (χ1v) is 11.6. The molecule has 1 amide bonds. The summed E-state index contributed by atoms with van der Waals surface area (Å²) in [5.74, 6) is -0.183. The number of H-pyrrole nitrogens is 1. The number of likely N-dealkylation sites (tertiary alicyclic amines) is 1. The lowest BCUT2D eigenvalue weighted by Gasteiger charge is -2.29. The number of aromatic nitrogens is 2. The Morgan fingerprint density at radius 3 is 2.68 bits per heavy atom. The van der Waals surface area contributed by atoms with Gasteiger partial charge in [-0.05, 0) is 42.7 Å². The van der Waals surface area contributed by atoms with E-state index in [1.54, 1.807) is 12.1 Å². The molecular weight excluding hydrogens is 455 g/mol. The fourth-order valence-electron chi connectivity index (χ4n) is 4.57. The molecule has 0 aliphatic carbocycles. The number of hydrogen-bond donors (Lipinski definition) is 3. The van der Waals surface area contributed by atoms with Gasteiger partial charge < -0.3 is 20.3 Å². The Kier molecular flexibility index (Phi) is 6.11. The zero-order chi connectivity index (χ0) is 23.7. The molecule has 1 saturated heterocycles. The lowest BCUT2D eigenvalue weighted by atomic mass is 9.93. The van der Waals surface area contributed by atoms with Crippen LogP contribution in [0.15, 0.2) is 60.8 Å². The van der Waals surface area contributed by atoms with Gasteiger partial charge in [-0.3, -0.25) is 0 Å². The third-order valence-corrected chi connectivity index (χ3v) is 6.70. The van der Waals surface area contributed by atoms with Crippen molar-refractivity contribution in [1.82, 2.24) is 14.9 Å². The molecular formula is C26H24ClFN4O2. The molecule has 5 rings (SSSR count). The van der Waals surface area contributed by atoms with Crippen LogP contribution in [0, 0.1) is 5.82 Å². The van der Waals surface area contributed by atoms with Crippen LogP contribution in [0.2, 0.25) is 5.02 Å². The van der Waals surface area contributed by atoms with Gasteiger partial charge in [0.2, 0.25) is 0 Å². The highest BCUT2D eigenvalue weighted by Gasteiger charge is 2.25. The number of pyridine rings is 1. The maximum atomic E-state index is 15.0. The molecule has 4 aromatic rings. The van der Waals surface area contributed by atoms with E-state index in [-0.39, 0.29) is 11.7 Å². The molecule has 6 nitrogen and oxygen atoms in total. The third kappa shape index (κ3) is 4.43. The molecule has 0 atom stereocenters. The molecule has 0 bridgehead atoms. The van der Waals surface area contributed by atoms with Crippen LogP contribution in [-0.2, 0) is 6.54 Å². The summed E-state index contributed by atoms with van der Waals surface area (Å²) in [6, 6.07) is 16.9. The van der Waals surface area contributed by atoms with Crippen molar-refractivity contribution in [2.75, 3.05) is 18.4 Å². The van der Waals surface area contributed by atoms with E-state index in [4.69, 9.17) is 11.6 Å². The highest BCUT2D eigenvalue weighted by atomic mass is 35.5. The predicted octanol–water partition coefficient (Wildman–Crippen LogP) is 6.49. The van der Waals surface area contributed by atoms with Gasteiger partial charge in [0.05, 0.1) is 5.02 Å². The van der Waals surface area contributed by atoms with Crippen LogP contribution in [0.4, 0.5) is 14.9 Å². The molecule has 1 aliphatic heterocycles. The zero-order valence-corrected chi connectivity index (χ0v) is 19.1. The van der Waals surface area contributed by atoms with E-state index in [1.807, 2.05) is 36.4 Å². The van der Waals surface area contributed by atoms with Crippen LogP contribution in [0.5, 0.6) is 0 Å². The SMILES string of the molecule is O=C(O)N1CCC(c2cc3c(-c4cc(NCc5ccccc5)ccc4F)c(Cl)cnc3[nH]2)CC1. The number of nitrogens with zero attached hydrogens (tertiary/aromatic N) is 2. The quantitative estimate of drug-likeness (QED) is 0.306. The molecule has 3 heterocycles. The number of amides is 1. The molecule has 0 saturated carbocycles. The molecule has 8 heteroatoms. The summed E-state index contributed by atoms with van der Waals surface area (Å²) < 4.78 is 15.0. The van der Waals surface area contributed by atoms with Crippen molar-refractivity contribution in [3.8, 4) is 11.1 Å². The molecule has 174 valence electrons. The molecule has 1 aliphatic rings. The Hall–Kier alpha value is -3.58. The number of piperidine rings is 1. The third-order valence-electron chi connectivity index (χ3n) is 6.41. The van der Waals surface area contributed by atoms with Crippen LogP contribution in [-0.4, -0.2) is 39.2 Å². The van der Waals surface area contributed by atoms with Gasteiger partial charge in [0.15, 0.2) is 0 Å². The van der Waals surface area contributed by atoms with Gasteiger partial charge in [-0.15, -0.1) is 0 Å². The summed E-state index contributed by atoms with van der Waals surface area (Å²) in [4.78, 5) is 20.4. The minimum absolute atomic E-state index is 0.181. The second-order valence-electron chi connectivity index (χ2n) is 8.55. The second kappa shape index (κ2) is 9.35. The number of anilines is 1. The summed E-state index contributed by atoms with van der Waals surface area (Å²) in [6.45, 7) is 1.59. The van der Waals surface area contributed by atoms with Gasteiger partial charge in [-0.2, -0.15) is 0 Å². The molecule has 0 unspecified atom stereocenters. The number of carboxylic acid groups (broad SMARTS) is 1. The van der Waals surface area contributed by atoms with E-state index in [9.17, 15) is 9.90 Å². The standard InChI is InChI=1S/C26H24ClFN4O2/c27-21-15-30-25-20(13-23(31-25)17-8-10-32(11-9-17)26(33)34)24(21)19-12-18(6-7-22(19)28)29-14-16-4-2-1-3-5-16/h1-7,12-13,15,17,29H,8-11,14H2,(H,30,31)(H,33,34). The average Bonchev–Trinajstić information content (AvgIpc) is 3.29. The molecule has 34 heavy (non-hydrogen) atoms. The number of hydrogen-bond acceptors (Lipinski definition) is 3. The fraction of sp³-hybridized carbons (Fsp3) is 0.231. The van der Waals surface area contributed by atoms with E-state index >= 15 is 4.39 Å². The Bertz CT molecular complexity index is 1330. The van der Waals surface area contributed by atoms with Crippen molar-refractivity contribution in [2.45, 2.75) is 25.3 Å². The minimum Gasteiger partial charge on any atom is -0.465 e. The molecule has 2 aromatic heterocycles. The number of aromatic amines is 1. The fourth-order valence-corrected chi connectivity index (χ4v) is 4.83. The second-order valence-corrected chi connectivity index (χ2v) is 8.95. The van der Waals surface area contributed by atoms with Crippen molar-refractivity contribution in [1.29, 1.82) is 0 Å². The topological polar surface area (TPSA) is 81.2 Å². The highest BCUT2D eigenvalue weighted by Crippen LogP contribution is 2.39. The van der Waals surface area contributed by atoms with Crippen LogP contribution in [0.3, 0.4) is 0 Å². The smallest absolute Gasteiger partial charge is 0.407 e. The molecule has 3 N–H and O–H groups in total. The minimum atomic E-state index is -0.887. The largest absolute Gasteiger partial charge is 0.465 e. The Balaban J connectivity index is 1.46. The van der Waals surface area contributed by atoms with Gasteiger partial charge in [-0.1, -0.05) is 41.9 Å². The molecule has 0 spiro atoms. The van der Waals surface area contributed by atoms with E-state index in [1.165, 1.54) is 17.2 Å². The van der Waals surface area contributed by atoms with Gasteiger partial charge in [-0.25, -0.2) is 14.2 Å². The van der Waals surface area contributed by atoms with Crippen LogP contribution >= 0.6 is 11.6 Å². The Morgan fingerprint density at radius 2 is 1.94 bits per heavy atom. The average molecular weight is 479 g/mol. The maximum Gasteiger partial charge on any atom is 0.407 e. The van der Waals surface area contributed by atoms with E-state index in [0.717, 1.165) is 35.2 Å². The number of carbonyl (C=O) groups is 1. The molecule has 0 radical (unpaired) electrons. The lowest BCUT2D eigenvalue weighted by Crippen LogP contribution is -2.36. The van der Waals surface area contributed by atoms with Gasteiger partial charge >= 0.3 is 6.09 Å². The summed E-state index contributed by atoms with van der Waals surface area (Å²) in [6.07, 6.45) is 2.09. The van der Waals surface area contributed by atoms with E-state index < -0.39 is 6.09 Å². The van der Waals surface area contributed by atoms with Gasteiger partial charge in [0.1, 0.15) is 11.5 Å². The summed E-state index contributed by atoms with van der Waals surface area (Å²) >= 11 is 6.55. The van der Waals surface area contributed by atoms with Crippen molar-refractivity contribution < 1.29 is 14.3 Å². The van der Waals surface area contributed by atoms with Crippen LogP contribution in [0.25, 0.3) is 22.2 Å². The van der Waals surface area contributed by atoms with E-state index in [2.05, 4.69) is 15.3 Å². The summed E-state index contributed by atoms with van der Waals surface area (Å²) in [7, 11) is 0. The Morgan fingerprint density at radius 1 is 1.18 bits per heavy atom. The van der Waals surface area contributed by atoms with Gasteiger partial charge in [0, 0.05) is 59.6 Å². The summed E-state index contributed by atoms with van der Waals surface area (Å²) in [5.41, 5.74) is 4.52. The molecule has 1 fully saturated rings. The number of fused-ring (bicyclic) bond motifs is 1. The number of benzene rings is 2. The number of nitrogens with one attached hydrogen (secondary N) is 2. The van der Waals surface area contributed by atoms with Crippen molar-refractivity contribution in [2.24, 2.45) is 0 Å². The lowest BCUT2D eigenvalue weighted by molar-refractivity contribution is 0.132. The Labute approximate surface area is 201 Å². The first-order chi connectivity index (χ1) is 16.5. The normalized spacial score (nSPS) is 14.5. The molecule has 2 aromatic carbocycles. The summed E-state index contributed by atoms with van der Waals surface area (Å²) in [5, 5.41) is 13.7. The predicted molar refractivity (Wildman–Crippen MR) is 132 cm³/mol. The first-order valence-electron chi connectivity index (χ1n) is 11.2. The van der Waals surface area contributed by atoms with Gasteiger partial charge in [0.25, 0.3) is 0 Å². The van der Waals surface area contributed by atoms with E-state index in [0.29, 0.717) is 41.4 Å². The van der Waals surface area contributed by atoms with Crippen molar-refractivity contribution in [3.05, 3.63) is 82.9 Å². The van der Waals surface area contributed by atoms with Crippen LogP contribution in [0.1, 0.15) is 30.0 Å². The first kappa shape index (κ1) is 22.2.